The van der Waals surface area contributed by atoms with Crippen LogP contribution >= 0.6 is 0 Å². The number of hydrazine groups is 1. The van der Waals surface area contributed by atoms with Gasteiger partial charge >= 0.3 is 0 Å². The highest BCUT2D eigenvalue weighted by Crippen LogP contribution is 2.14. The predicted octanol–water partition coefficient (Wildman–Crippen LogP) is -0.465. The lowest BCUT2D eigenvalue weighted by atomic mass is 9.94. The maximum absolute atomic E-state index is 13.1. The first-order chi connectivity index (χ1) is 15.0. The number of nitrogens with two attached hydrogens (primary N) is 1. The van der Waals surface area contributed by atoms with Crippen molar-refractivity contribution >= 4 is 17.7 Å². The van der Waals surface area contributed by atoms with E-state index in [-0.39, 0.29) is 18.7 Å². The van der Waals surface area contributed by atoms with Gasteiger partial charge < -0.3 is 20.8 Å². The van der Waals surface area contributed by atoms with Crippen molar-refractivity contribution in [3.63, 3.8) is 0 Å². The second-order valence-electron chi connectivity index (χ2n) is 7.47. The van der Waals surface area contributed by atoms with Crippen LogP contribution in [0.2, 0.25) is 0 Å². The molecule has 1 saturated heterocycles. The predicted molar refractivity (Wildman–Crippen MR) is 112 cm³/mol. The largest absolute Gasteiger partial charge is 0.379 e. The second kappa shape index (κ2) is 11.2. The van der Waals surface area contributed by atoms with Crippen molar-refractivity contribution in [2.75, 3.05) is 26.3 Å². The maximum Gasteiger partial charge on any atom is 0.240 e. The fourth-order valence-corrected chi connectivity index (χ4v) is 3.41. The number of primary amides is 1. The van der Waals surface area contributed by atoms with E-state index < -0.39 is 23.8 Å². The minimum atomic E-state index is -0.909. The molecule has 1 aliphatic heterocycles. The third kappa shape index (κ3) is 7.19. The van der Waals surface area contributed by atoms with Crippen LogP contribution in [-0.2, 0) is 32.0 Å². The minimum absolute atomic E-state index is 0.0202. The summed E-state index contributed by atoms with van der Waals surface area (Å²) in [5, 5.41) is 4.49. The Kier molecular flexibility index (Phi) is 8.13. The normalized spacial score (nSPS) is 16.3. The number of carbonyl (C=O) groups excluding carboxylic acids is 3. The van der Waals surface area contributed by atoms with Crippen molar-refractivity contribution < 1.29 is 19.1 Å². The number of hydrogen-bond donors (Lipinski definition) is 4. The summed E-state index contributed by atoms with van der Waals surface area (Å²) in [6, 6.07) is 8.53. The maximum atomic E-state index is 13.1. The van der Waals surface area contributed by atoms with E-state index in [0.29, 0.717) is 38.4 Å². The zero-order valence-electron chi connectivity index (χ0n) is 17.3. The van der Waals surface area contributed by atoms with Crippen molar-refractivity contribution in [1.82, 2.24) is 25.7 Å². The van der Waals surface area contributed by atoms with Crippen molar-refractivity contribution in [1.29, 1.82) is 0 Å². The van der Waals surface area contributed by atoms with Crippen LogP contribution in [0.3, 0.4) is 0 Å². The molecule has 31 heavy (non-hydrogen) atoms. The fraction of sp³-hybridized carbons (Fsp3) is 0.429. The Morgan fingerprint density at radius 2 is 1.90 bits per heavy atom. The lowest BCUT2D eigenvalue weighted by molar-refractivity contribution is -0.135. The van der Waals surface area contributed by atoms with Crippen LogP contribution in [0.4, 0.5) is 0 Å². The number of benzene rings is 1. The van der Waals surface area contributed by atoms with Gasteiger partial charge in [-0.2, -0.15) is 0 Å². The van der Waals surface area contributed by atoms with Gasteiger partial charge in [-0.3, -0.25) is 19.8 Å². The average Bonchev–Trinajstić information content (AvgIpc) is 3.27. The number of H-pyrrole nitrogens is 1. The van der Waals surface area contributed by atoms with Gasteiger partial charge in [-0.25, -0.2) is 9.99 Å². The van der Waals surface area contributed by atoms with Gasteiger partial charge in [0.25, 0.3) is 0 Å². The number of morpholine rings is 1. The van der Waals surface area contributed by atoms with E-state index in [1.54, 1.807) is 11.2 Å². The topological polar surface area (TPSA) is 142 Å². The van der Waals surface area contributed by atoms with Gasteiger partial charge in [0.2, 0.25) is 17.7 Å². The van der Waals surface area contributed by atoms with Gasteiger partial charge in [0.05, 0.1) is 25.5 Å². The van der Waals surface area contributed by atoms with Crippen molar-refractivity contribution in [3.05, 3.63) is 54.1 Å². The standard InChI is InChI=1S/C21H28N6O4/c22-20(29)18(12-17-13-23-14-24-17)25-21(30)16(10-15-4-2-1-3-5-15)11-19(28)26-27-6-8-31-9-7-27/h1-5,13-14,16,18H,6-12H2,(H2,22,29)(H,23,24)(H,25,30)(H,26,28). The molecule has 0 saturated carbocycles. The number of aromatic nitrogens is 2. The monoisotopic (exact) mass is 428 g/mol. The van der Waals surface area contributed by atoms with Gasteiger partial charge in [-0.15, -0.1) is 0 Å². The molecular formula is C21H28N6O4. The van der Waals surface area contributed by atoms with E-state index in [4.69, 9.17) is 10.5 Å². The summed E-state index contributed by atoms with van der Waals surface area (Å²) >= 11 is 0. The molecule has 1 fully saturated rings. The first-order valence-electron chi connectivity index (χ1n) is 10.2. The Labute approximate surface area is 180 Å². The van der Waals surface area contributed by atoms with Crippen LogP contribution in [0.5, 0.6) is 0 Å². The van der Waals surface area contributed by atoms with Crippen LogP contribution in [0.1, 0.15) is 17.7 Å². The molecule has 3 amide bonds. The first-order valence-corrected chi connectivity index (χ1v) is 10.2. The van der Waals surface area contributed by atoms with E-state index in [1.807, 2.05) is 30.3 Å². The molecule has 0 spiro atoms. The zero-order chi connectivity index (χ0) is 22.1. The van der Waals surface area contributed by atoms with Crippen LogP contribution in [0.15, 0.2) is 42.9 Å². The minimum Gasteiger partial charge on any atom is -0.379 e. The quantitative estimate of drug-likeness (QED) is 0.403. The zero-order valence-corrected chi connectivity index (χ0v) is 17.3. The van der Waals surface area contributed by atoms with Crippen molar-refractivity contribution in [2.45, 2.75) is 25.3 Å². The average molecular weight is 428 g/mol. The van der Waals surface area contributed by atoms with Gasteiger partial charge in [0, 0.05) is 37.8 Å². The summed E-state index contributed by atoms with van der Waals surface area (Å²) < 4.78 is 5.28. The van der Waals surface area contributed by atoms with Crippen LogP contribution in [0.25, 0.3) is 0 Å². The third-order valence-corrected chi connectivity index (χ3v) is 5.06. The van der Waals surface area contributed by atoms with E-state index in [2.05, 4.69) is 20.7 Å². The number of rotatable bonds is 10. The molecule has 10 heteroatoms. The molecule has 1 aromatic heterocycles. The number of nitrogens with zero attached hydrogens (tertiary/aromatic N) is 2. The smallest absolute Gasteiger partial charge is 0.240 e. The molecule has 0 radical (unpaired) electrons. The molecule has 0 aliphatic carbocycles. The molecule has 166 valence electrons. The second-order valence-corrected chi connectivity index (χ2v) is 7.47. The lowest BCUT2D eigenvalue weighted by Gasteiger charge is -2.28. The number of hydrogen-bond acceptors (Lipinski definition) is 6. The van der Waals surface area contributed by atoms with E-state index in [1.165, 1.54) is 6.33 Å². The Balaban J connectivity index is 1.66. The Morgan fingerprint density at radius 1 is 1.16 bits per heavy atom. The summed E-state index contributed by atoms with van der Waals surface area (Å²) in [7, 11) is 0. The molecule has 2 atom stereocenters. The SMILES string of the molecule is NC(=O)C(Cc1cnc[nH]1)NC(=O)C(CC(=O)NN1CCOCC1)Cc1ccccc1. The fourth-order valence-electron chi connectivity index (χ4n) is 3.41. The summed E-state index contributed by atoms with van der Waals surface area (Å²) in [6.07, 6.45) is 3.59. The van der Waals surface area contributed by atoms with E-state index in [9.17, 15) is 14.4 Å². The molecule has 3 rings (SSSR count). The molecule has 0 bridgehead atoms. The van der Waals surface area contributed by atoms with Crippen molar-refractivity contribution in [2.24, 2.45) is 11.7 Å². The summed E-state index contributed by atoms with van der Waals surface area (Å²) in [5.41, 5.74) is 9.92. The molecule has 1 aromatic carbocycles. The van der Waals surface area contributed by atoms with Gasteiger partial charge in [-0.1, -0.05) is 30.3 Å². The summed E-state index contributed by atoms with van der Waals surface area (Å²) in [4.78, 5) is 44.4. The molecular weight excluding hydrogens is 400 g/mol. The van der Waals surface area contributed by atoms with Crippen LogP contribution < -0.4 is 16.5 Å². The number of aromatic amines is 1. The molecule has 2 heterocycles. The number of nitrogens with one attached hydrogen (secondary N) is 3. The molecule has 1 aliphatic rings. The Bertz CT molecular complexity index is 852. The molecule has 10 nitrogen and oxygen atoms in total. The number of imidazole rings is 1. The third-order valence-electron chi connectivity index (χ3n) is 5.06. The van der Waals surface area contributed by atoms with E-state index in [0.717, 1.165) is 5.56 Å². The van der Waals surface area contributed by atoms with Crippen LogP contribution in [-0.4, -0.2) is 65.0 Å². The highest BCUT2D eigenvalue weighted by atomic mass is 16.5. The highest BCUT2D eigenvalue weighted by molar-refractivity contribution is 5.90. The number of ether oxygens (including phenoxy) is 1. The highest BCUT2D eigenvalue weighted by Gasteiger charge is 2.27. The van der Waals surface area contributed by atoms with Crippen molar-refractivity contribution in [3.8, 4) is 0 Å². The Hall–Kier alpha value is -3.24. The summed E-state index contributed by atoms with van der Waals surface area (Å²) in [6.45, 7) is 2.27. The van der Waals surface area contributed by atoms with Gasteiger partial charge in [-0.05, 0) is 12.0 Å². The first kappa shape index (κ1) is 22.4. The van der Waals surface area contributed by atoms with Gasteiger partial charge in [0.1, 0.15) is 6.04 Å². The molecule has 2 unspecified atom stereocenters. The summed E-state index contributed by atoms with van der Waals surface area (Å²) in [5.74, 6) is -1.97. The number of amides is 3. The van der Waals surface area contributed by atoms with Gasteiger partial charge in [0.15, 0.2) is 0 Å². The Morgan fingerprint density at radius 3 is 2.55 bits per heavy atom. The lowest BCUT2D eigenvalue weighted by Crippen LogP contribution is -2.51. The molecule has 2 aromatic rings. The van der Waals surface area contributed by atoms with Crippen LogP contribution in [0, 0.1) is 5.92 Å². The number of carbonyl (C=O) groups is 3. The molecule has 5 N–H and O–H groups in total. The van der Waals surface area contributed by atoms with E-state index >= 15 is 0 Å².